The van der Waals surface area contributed by atoms with Crippen LogP contribution in [0.4, 0.5) is 10.8 Å². The maximum absolute atomic E-state index is 12.1. The first kappa shape index (κ1) is 13.7. The number of carbonyl (C=O) groups is 1. The Labute approximate surface area is 119 Å². The highest BCUT2D eigenvalue weighted by Crippen LogP contribution is 2.22. The van der Waals surface area contributed by atoms with Crippen molar-refractivity contribution in [3.63, 3.8) is 0 Å². The molecule has 6 nitrogen and oxygen atoms in total. The summed E-state index contributed by atoms with van der Waals surface area (Å²) in [5.41, 5.74) is 1.21. The van der Waals surface area contributed by atoms with Gasteiger partial charge in [0.2, 0.25) is 5.13 Å². The number of benzene rings is 1. The summed E-state index contributed by atoms with van der Waals surface area (Å²) >= 11 is 6.95. The molecular formula is C11H12ClN5OS. The highest BCUT2D eigenvalue weighted by molar-refractivity contribution is 7.09. The van der Waals surface area contributed by atoms with Crippen LogP contribution >= 0.6 is 23.1 Å². The predicted molar refractivity (Wildman–Crippen MR) is 75.9 cm³/mol. The molecule has 19 heavy (non-hydrogen) atoms. The quantitative estimate of drug-likeness (QED) is 0.887. The molecule has 1 aromatic heterocycles. The van der Waals surface area contributed by atoms with Crippen LogP contribution in [0.1, 0.15) is 23.7 Å². The zero-order valence-electron chi connectivity index (χ0n) is 10.2. The molecule has 0 atom stereocenters. The van der Waals surface area contributed by atoms with E-state index in [-0.39, 0.29) is 5.91 Å². The molecule has 0 aliphatic heterocycles. The number of hydrogen-bond acceptors (Lipinski definition) is 6. The third-order valence-electron chi connectivity index (χ3n) is 2.31. The van der Waals surface area contributed by atoms with Crippen LogP contribution in [0.15, 0.2) is 18.2 Å². The van der Waals surface area contributed by atoms with Crippen LogP contribution in [0.2, 0.25) is 5.02 Å². The van der Waals surface area contributed by atoms with Gasteiger partial charge in [-0.15, -0.1) is 0 Å². The Bertz CT molecular complexity index is 560. The van der Waals surface area contributed by atoms with Crippen molar-refractivity contribution in [1.29, 1.82) is 0 Å². The van der Waals surface area contributed by atoms with Crippen molar-refractivity contribution >= 4 is 39.9 Å². The molecule has 0 aliphatic carbocycles. The zero-order chi connectivity index (χ0) is 13.7. The highest BCUT2D eigenvalue weighted by Gasteiger charge is 2.13. The van der Waals surface area contributed by atoms with E-state index in [2.05, 4.69) is 32.4 Å². The van der Waals surface area contributed by atoms with E-state index in [1.54, 1.807) is 18.2 Å². The minimum Gasteiger partial charge on any atom is -0.384 e. The number of nitrogens with zero attached hydrogens (tertiary/aromatic N) is 3. The summed E-state index contributed by atoms with van der Waals surface area (Å²) in [6, 6.07) is 5.14. The van der Waals surface area contributed by atoms with Gasteiger partial charge in [-0.05, 0) is 29.8 Å². The van der Waals surface area contributed by atoms with Crippen molar-refractivity contribution in [1.82, 2.24) is 14.8 Å². The summed E-state index contributed by atoms with van der Waals surface area (Å²) in [6.07, 6.45) is 0.962. The number of rotatable bonds is 5. The first-order valence-corrected chi connectivity index (χ1v) is 6.85. The Balaban J connectivity index is 2.21. The van der Waals surface area contributed by atoms with Gasteiger partial charge in [-0.25, -0.2) is 0 Å². The maximum Gasteiger partial charge on any atom is 0.259 e. The first-order valence-electron chi connectivity index (χ1n) is 5.70. The lowest BCUT2D eigenvalue weighted by Crippen LogP contribution is -2.15. The maximum atomic E-state index is 12.1. The summed E-state index contributed by atoms with van der Waals surface area (Å²) in [4.78, 5) is 12.1. The average Bonchev–Trinajstić information content (AvgIpc) is 2.90. The number of hydrogen-bond donors (Lipinski definition) is 2. The monoisotopic (exact) mass is 297 g/mol. The van der Waals surface area contributed by atoms with Gasteiger partial charge in [0.1, 0.15) is 0 Å². The molecule has 0 fully saturated rings. The van der Waals surface area contributed by atoms with Crippen molar-refractivity contribution in [3.8, 4) is 0 Å². The van der Waals surface area contributed by atoms with Gasteiger partial charge in [0, 0.05) is 28.8 Å². The fraction of sp³-hybridized carbons (Fsp3) is 0.273. The van der Waals surface area contributed by atoms with E-state index in [1.807, 2.05) is 0 Å². The van der Waals surface area contributed by atoms with Gasteiger partial charge in [-0.2, -0.15) is 0 Å². The number of amides is 1. The molecule has 1 aromatic carbocycles. The normalized spacial score (nSPS) is 10.2. The van der Waals surface area contributed by atoms with E-state index in [4.69, 9.17) is 11.6 Å². The lowest BCUT2D eigenvalue weighted by atomic mass is 10.1. The Morgan fingerprint density at radius 2 is 2.32 bits per heavy atom. The van der Waals surface area contributed by atoms with E-state index < -0.39 is 0 Å². The number of halogens is 1. The molecule has 0 unspecified atom stereocenters. The average molecular weight is 298 g/mol. The van der Waals surface area contributed by atoms with Crippen LogP contribution in [-0.4, -0.2) is 27.3 Å². The van der Waals surface area contributed by atoms with Gasteiger partial charge in [-0.3, -0.25) is 10.1 Å². The largest absolute Gasteiger partial charge is 0.384 e. The van der Waals surface area contributed by atoms with Gasteiger partial charge >= 0.3 is 0 Å². The Morgan fingerprint density at radius 3 is 3.00 bits per heavy atom. The minimum absolute atomic E-state index is 0.292. The van der Waals surface area contributed by atoms with Crippen molar-refractivity contribution in [2.45, 2.75) is 13.3 Å². The summed E-state index contributed by atoms with van der Waals surface area (Å²) in [5.74, 6) is -0.292. The summed E-state index contributed by atoms with van der Waals surface area (Å²) in [6.45, 7) is 2.83. The molecule has 2 N–H and O–H groups in total. The molecule has 1 amide bonds. The molecular weight excluding hydrogens is 286 g/mol. The van der Waals surface area contributed by atoms with Crippen molar-refractivity contribution in [2.75, 3.05) is 17.2 Å². The van der Waals surface area contributed by atoms with Gasteiger partial charge in [0.25, 0.3) is 5.91 Å². The number of nitrogens with one attached hydrogen (secondary N) is 2. The SMILES string of the molecule is CCCNc1ccc(Cl)cc1C(=O)Nc1nnns1. The van der Waals surface area contributed by atoms with Crippen molar-refractivity contribution < 1.29 is 4.79 Å². The van der Waals surface area contributed by atoms with E-state index in [0.29, 0.717) is 15.7 Å². The molecule has 100 valence electrons. The Hall–Kier alpha value is -1.73. The number of carbonyl (C=O) groups excluding carboxylic acids is 1. The highest BCUT2D eigenvalue weighted by atomic mass is 35.5. The van der Waals surface area contributed by atoms with Crippen molar-refractivity contribution in [2.24, 2.45) is 0 Å². The van der Waals surface area contributed by atoms with E-state index in [0.717, 1.165) is 30.2 Å². The third-order valence-corrected chi connectivity index (χ3v) is 3.06. The van der Waals surface area contributed by atoms with Gasteiger partial charge in [-0.1, -0.05) is 28.1 Å². The molecule has 0 saturated carbocycles. The van der Waals surface area contributed by atoms with E-state index in [1.165, 1.54) is 0 Å². The number of aromatic nitrogens is 3. The number of anilines is 2. The molecule has 1 heterocycles. The lowest BCUT2D eigenvalue weighted by molar-refractivity contribution is 0.102. The van der Waals surface area contributed by atoms with Crippen LogP contribution in [0, 0.1) is 0 Å². The summed E-state index contributed by atoms with van der Waals surface area (Å²) < 4.78 is 3.58. The fourth-order valence-electron chi connectivity index (χ4n) is 1.46. The van der Waals surface area contributed by atoms with Crippen LogP contribution in [0.25, 0.3) is 0 Å². The molecule has 0 spiro atoms. The Kier molecular flexibility index (Phi) is 4.64. The minimum atomic E-state index is -0.292. The van der Waals surface area contributed by atoms with Crippen LogP contribution in [-0.2, 0) is 0 Å². The standard InChI is InChI=1S/C11H12ClN5OS/c1-2-5-13-9-4-3-7(12)6-8(9)10(18)14-11-15-16-17-19-11/h3-4,6,13H,2,5H2,1H3,(H,14,15,17,18). The van der Waals surface area contributed by atoms with Gasteiger partial charge in [0.15, 0.2) is 0 Å². The summed E-state index contributed by atoms with van der Waals surface area (Å²) in [7, 11) is 0. The second-order valence-electron chi connectivity index (χ2n) is 3.74. The molecule has 2 rings (SSSR count). The molecule has 0 saturated heterocycles. The zero-order valence-corrected chi connectivity index (χ0v) is 11.8. The smallest absolute Gasteiger partial charge is 0.259 e. The molecule has 8 heteroatoms. The van der Waals surface area contributed by atoms with Crippen LogP contribution in [0.5, 0.6) is 0 Å². The fourth-order valence-corrected chi connectivity index (χ4v) is 2.00. The third kappa shape index (κ3) is 3.62. The topological polar surface area (TPSA) is 79.8 Å². The lowest BCUT2D eigenvalue weighted by Gasteiger charge is -2.11. The Morgan fingerprint density at radius 1 is 1.47 bits per heavy atom. The van der Waals surface area contributed by atoms with Gasteiger partial charge < -0.3 is 5.32 Å². The molecule has 0 radical (unpaired) electrons. The molecule has 0 bridgehead atoms. The second-order valence-corrected chi connectivity index (χ2v) is 4.91. The molecule has 0 aliphatic rings. The van der Waals surface area contributed by atoms with E-state index >= 15 is 0 Å². The molecule has 2 aromatic rings. The second kappa shape index (κ2) is 6.44. The van der Waals surface area contributed by atoms with Crippen molar-refractivity contribution in [3.05, 3.63) is 28.8 Å². The first-order chi connectivity index (χ1) is 9.20. The van der Waals surface area contributed by atoms with Gasteiger partial charge in [0.05, 0.1) is 5.56 Å². The van der Waals surface area contributed by atoms with Crippen LogP contribution in [0.3, 0.4) is 0 Å². The van der Waals surface area contributed by atoms with Crippen LogP contribution < -0.4 is 10.6 Å². The van der Waals surface area contributed by atoms with E-state index in [9.17, 15) is 4.79 Å². The predicted octanol–water partition coefficient (Wildman–Crippen LogP) is 2.66. The summed E-state index contributed by atoms with van der Waals surface area (Å²) in [5, 5.41) is 13.8.